The molecule has 0 aromatic carbocycles. The van der Waals surface area contributed by atoms with E-state index in [1.54, 1.807) is 6.08 Å². The molecule has 0 saturated heterocycles. The smallest absolute Gasteiger partial charge is 0.125 e. The van der Waals surface area contributed by atoms with Crippen molar-refractivity contribution in [3.63, 3.8) is 0 Å². The first-order valence-electron chi connectivity index (χ1n) is 3.73. The molecule has 0 N–H and O–H groups in total. The van der Waals surface area contributed by atoms with Crippen LogP contribution in [0.1, 0.15) is 24.0 Å². The zero-order valence-corrected chi connectivity index (χ0v) is 6.96. The third-order valence-corrected chi connectivity index (χ3v) is 1.59. The van der Waals surface area contributed by atoms with E-state index in [0.717, 1.165) is 23.5 Å². The molecule has 11 heavy (non-hydrogen) atoms. The van der Waals surface area contributed by atoms with E-state index < -0.39 is 0 Å². The molecule has 0 amide bonds. The molecule has 0 radical (unpaired) electrons. The van der Waals surface area contributed by atoms with E-state index in [9.17, 15) is 0 Å². The first-order valence-corrected chi connectivity index (χ1v) is 3.73. The van der Waals surface area contributed by atoms with Crippen molar-refractivity contribution < 1.29 is 0 Å². The molecule has 0 unspecified atom stereocenters. The van der Waals surface area contributed by atoms with Crippen LogP contribution in [0.25, 0.3) is 6.08 Å². The summed E-state index contributed by atoms with van der Waals surface area (Å²) in [4.78, 5) is 8.33. The quantitative estimate of drug-likeness (QED) is 0.641. The molecule has 0 aliphatic carbocycles. The fourth-order valence-electron chi connectivity index (χ4n) is 0.962. The molecule has 58 valence electrons. The molecule has 2 nitrogen and oxygen atoms in total. The Morgan fingerprint density at radius 2 is 2.36 bits per heavy atom. The Morgan fingerprint density at radius 1 is 1.64 bits per heavy atom. The number of aryl methyl sites for hydroxylation is 2. The molecule has 0 bridgehead atoms. The monoisotopic (exact) mass is 148 g/mol. The average molecular weight is 148 g/mol. The molecule has 0 aliphatic heterocycles. The van der Waals surface area contributed by atoms with Gasteiger partial charge >= 0.3 is 0 Å². The minimum atomic E-state index is 0.803. The lowest BCUT2D eigenvalue weighted by molar-refractivity contribution is 0.978. The highest BCUT2D eigenvalue weighted by Crippen LogP contribution is 2.06. The van der Waals surface area contributed by atoms with Gasteiger partial charge in [-0.15, -0.1) is 0 Å². The average Bonchev–Trinajstić information content (AvgIpc) is 2.04. The van der Waals surface area contributed by atoms with E-state index in [1.807, 2.05) is 13.1 Å². The van der Waals surface area contributed by atoms with Gasteiger partial charge in [-0.3, -0.25) is 0 Å². The van der Waals surface area contributed by atoms with Gasteiger partial charge in [-0.25, -0.2) is 9.97 Å². The molecule has 0 saturated carbocycles. The molecule has 1 rings (SSSR count). The summed E-state index contributed by atoms with van der Waals surface area (Å²) in [6.45, 7) is 7.66. The van der Waals surface area contributed by atoms with Gasteiger partial charge in [0, 0.05) is 6.20 Å². The van der Waals surface area contributed by atoms with Crippen molar-refractivity contribution in [1.29, 1.82) is 0 Å². The largest absolute Gasteiger partial charge is 0.241 e. The maximum atomic E-state index is 4.23. The molecule has 2 heteroatoms. The minimum Gasteiger partial charge on any atom is -0.241 e. The van der Waals surface area contributed by atoms with Crippen LogP contribution in [0, 0.1) is 6.92 Å². The molecular formula is C9H12N2. The lowest BCUT2D eigenvalue weighted by Crippen LogP contribution is -1.95. The van der Waals surface area contributed by atoms with Crippen molar-refractivity contribution in [1.82, 2.24) is 9.97 Å². The molecule has 1 aromatic rings. The second kappa shape index (κ2) is 3.28. The Bertz CT molecular complexity index is 266. The van der Waals surface area contributed by atoms with E-state index in [0.29, 0.717) is 0 Å². The summed E-state index contributed by atoms with van der Waals surface area (Å²) in [6, 6.07) is 0. The SMILES string of the molecule is C=Cc1nc(C)ncc1CC. The highest BCUT2D eigenvalue weighted by molar-refractivity contribution is 5.45. The highest BCUT2D eigenvalue weighted by atomic mass is 14.9. The van der Waals surface area contributed by atoms with Crippen molar-refractivity contribution >= 4 is 6.08 Å². The van der Waals surface area contributed by atoms with Gasteiger partial charge in [0.25, 0.3) is 0 Å². The van der Waals surface area contributed by atoms with E-state index in [2.05, 4.69) is 23.5 Å². The highest BCUT2D eigenvalue weighted by Gasteiger charge is 1.98. The normalized spacial score (nSPS) is 9.64. The van der Waals surface area contributed by atoms with E-state index in [-0.39, 0.29) is 0 Å². The third-order valence-electron chi connectivity index (χ3n) is 1.59. The number of aromatic nitrogens is 2. The van der Waals surface area contributed by atoms with E-state index in [4.69, 9.17) is 0 Å². The maximum absolute atomic E-state index is 4.23. The summed E-state index contributed by atoms with van der Waals surface area (Å²) in [5.74, 6) is 0.803. The summed E-state index contributed by atoms with van der Waals surface area (Å²) in [6.07, 6.45) is 4.59. The van der Waals surface area contributed by atoms with Crippen molar-refractivity contribution in [2.45, 2.75) is 20.3 Å². The predicted molar refractivity (Wildman–Crippen MR) is 46.2 cm³/mol. The zero-order valence-electron chi connectivity index (χ0n) is 6.96. The van der Waals surface area contributed by atoms with E-state index in [1.165, 1.54) is 0 Å². The third kappa shape index (κ3) is 1.64. The van der Waals surface area contributed by atoms with Gasteiger partial charge in [-0.2, -0.15) is 0 Å². The second-order valence-electron chi connectivity index (χ2n) is 2.39. The zero-order chi connectivity index (χ0) is 8.27. The summed E-state index contributed by atoms with van der Waals surface area (Å²) in [5, 5.41) is 0. The Labute approximate surface area is 67.0 Å². The minimum absolute atomic E-state index is 0.803. The van der Waals surface area contributed by atoms with Crippen molar-refractivity contribution in [3.05, 3.63) is 29.9 Å². The van der Waals surface area contributed by atoms with Gasteiger partial charge in [0.05, 0.1) is 5.69 Å². The van der Waals surface area contributed by atoms with Crippen LogP contribution < -0.4 is 0 Å². The molecule has 1 heterocycles. The van der Waals surface area contributed by atoms with Gasteiger partial charge in [-0.1, -0.05) is 13.5 Å². The fraction of sp³-hybridized carbons (Fsp3) is 0.333. The molecule has 0 fully saturated rings. The summed E-state index contributed by atoms with van der Waals surface area (Å²) < 4.78 is 0. The van der Waals surface area contributed by atoms with Gasteiger partial charge in [0.1, 0.15) is 5.82 Å². The Kier molecular flexibility index (Phi) is 2.36. The van der Waals surface area contributed by atoms with Crippen LogP contribution in [-0.2, 0) is 6.42 Å². The maximum Gasteiger partial charge on any atom is 0.125 e. The van der Waals surface area contributed by atoms with Crippen LogP contribution in [0.5, 0.6) is 0 Å². The van der Waals surface area contributed by atoms with Gasteiger partial charge in [0.15, 0.2) is 0 Å². The van der Waals surface area contributed by atoms with Crippen LogP contribution >= 0.6 is 0 Å². The molecule has 0 atom stereocenters. The second-order valence-corrected chi connectivity index (χ2v) is 2.39. The van der Waals surface area contributed by atoms with Crippen molar-refractivity contribution in [3.8, 4) is 0 Å². The molecule has 1 aromatic heterocycles. The predicted octanol–water partition coefficient (Wildman–Crippen LogP) is 1.99. The number of rotatable bonds is 2. The number of hydrogen-bond acceptors (Lipinski definition) is 2. The molecule has 0 aliphatic rings. The fourth-order valence-corrected chi connectivity index (χ4v) is 0.962. The van der Waals surface area contributed by atoms with Crippen molar-refractivity contribution in [2.75, 3.05) is 0 Å². The van der Waals surface area contributed by atoms with Crippen LogP contribution in [-0.4, -0.2) is 9.97 Å². The topological polar surface area (TPSA) is 25.8 Å². The van der Waals surface area contributed by atoms with Crippen LogP contribution in [0.2, 0.25) is 0 Å². The number of nitrogens with zero attached hydrogens (tertiary/aromatic N) is 2. The first-order chi connectivity index (χ1) is 5.27. The van der Waals surface area contributed by atoms with Crippen LogP contribution in [0.4, 0.5) is 0 Å². The Balaban J connectivity index is 3.16. The van der Waals surface area contributed by atoms with Gasteiger partial charge in [0.2, 0.25) is 0 Å². The lowest BCUT2D eigenvalue weighted by atomic mass is 10.2. The van der Waals surface area contributed by atoms with Crippen LogP contribution in [0.15, 0.2) is 12.8 Å². The van der Waals surface area contributed by atoms with Crippen LogP contribution in [0.3, 0.4) is 0 Å². The molecular weight excluding hydrogens is 136 g/mol. The standard InChI is InChI=1S/C9H12N2/c1-4-8-6-10-7(3)11-9(8)5-2/h5-6H,2,4H2,1,3H3. The molecule has 0 spiro atoms. The summed E-state index contributed by atoms with van der Waals surface area (Å²) in [5.41, 5.74) is 2.12. The van der Waals surface area contributed by atoms with Gasteiger partial charge in [-0.05, 0) is 25.0 Å². The summed E-state index contributed by atoms with van der Waals surface area (Å²) in [7, 11) is 0. The number of hydrogen-bond donors (Lipinski definition) is 0. The van der Waals surface area contributed by atoms with Crippen molar-refractivity contribution in [2.24, 2.45) is 0 Å². The lowest BCUT2D eigenvalue weighted by Gasteiger charge is -2.01. The Hall–Kier alpha value is -1.18. The van der Waals surface area contributed by atoms with E-state index >= 15 is 0 Å². The summed E-state index contributed by atoms with van der Waals surface area (Å²) >= 11 is 0. The Morgan fingerprint density at radius 3 is 2.91 bits per heavy atom. The van der Waals surface area contributed by atoms with Gasteiger partial charge < -0.3 is 0 Å². The first kappa shape index (κ1) is 7.92.